The predicted octanol–water partition coefficient (Wildman–Crippen LogP) is 4.88. The molecular weight excluding hydrogens is 454 g/mol. The van der Waals surface area contributed by atoms with Crippen LogP contribution in [0.15, 0.2) is 59.3 Å². The lowest BCUT2D eigenvalue weighted by Crippen LogP contribution is -2.50. The van der Waals surface area contributed by atoms with Gasteiger partial charge in [-0.25, -0.2) is 0 Å². The summed E-state index contributed by atoms with van der Waals surface area (Å²) in [7, 11) is 0. The average Bonchev–Trinajstić information content (AvgIpc) is 3.44. The number of primary amides is 1. The van der Waals surface area contributed by atoms with Gasteiger partial charge in [0.15, 0.2) is 11.2 Å². The molecule has 0 spiro atoms. The number of anilines is 1. The minimum absolute atomic E-state index is 0.118. The maximum absolute atomic E-state index is 14.0. The number of hydrogen-bond donors (Lipinski definition) is 1. The zero-order valence-electron chi connectivity index (χ0n) is 18.0. The molecule has 166 valence electrons. The van der Waals surface area contributed by atoms with Crippen LogP contribution in [0.1, 0.15) is 39.4 Å². The van der Waals surface area contributed by atoms with Gasteiger partial charge in [0.2, 0.25) is 5.91 Å². The van der Waals surface area contributed by atoms with Crippen molar-refractivity contribution >= 4 is 40.3 Å². The minimum Gasteiger partial charge on any atom is -0.368 e. The Morgan fingerprint density at radius 2 is 1.97 bits per heavy atom. The molecule has 2 aliphatic rings. The molecule has 3 heterocycles. The molecule has 2 N–H and O–H groups in total. The number of carbonyl (C=O) groups is 2. The van der Waals surface area contributed by atoms with Gasteiger partial charge in [0, 0.05) is 27.6 Å². The molecule has 4 atom stereocenters. The summed E-state index contributed by atoms with van der Waals surface area (Å²) in [5.74, 6) is -1.55. The summed E-state index contributed by atoms with van der Waals surface area (Å²) in [5.41, 5.74) is 8.85. The van der Waals surface area contributed by atoms with E-state index in [4.69, 9.17) is 17.3 Å². The van der Waals surface area contributed by atoms with E-state index in [0.717, 1.165) is 16.8 Å². The number of hydrogen-bond acceptors (Lipinski definition) is 5. The van der Waals surface area contributed by atoms with Crippen LogP contribution in [0.4, 0.5) is 5.69 Å². The van der Waals surface area contributed by atoms with Crippen LogP contribution in [0, 0.1) is 23.7 Å². The van der Waals surface area contributed by atoms with Crippen molar-refractivity contribution in [3.8, 4) is 6.07 Å². The van der Waals surface area contributed by atoms with Gasteiger partial charge in [0.1, 0.15) is 6.04 Å². The van der Waals surface area contributed by atoms with Crippen LogP contribution in [-0.4, -0.2) is 23.8 Å². The standard InChI is InChI=1S/C26H22ClN3O2S/c1-15-2-8-20-17(12-15)5-9-21-26(14-28,25(29)32)22(16-3-6-19(27)7-4-16)23(30(20)21)24(31)18-10-11-33-13-18/h2-4,6-8,10-13,21-23H,5,9H2,1H3,(H2,29,32)/t21-,22-,23+,26-/m1/s1. The third kappa shape index (κ3) is 3.18. The Labute approximate surface area is 201 Å². The van der Waals surface area contributed by atoms with Gasteiger partial charge in [0.25, 0.3) is 0 Å². The molecule has 5 rings (SSSR count). The number of fused-ring (bicyclic) bond motifs is 3. The van der Waals surface area contributed by atoms with Crippen LogP contribution < -0.4 is 10.6 Å². The lowest BCUT2D eigenvalue weighted by atomic mass is 9.67. The minimum atomic E-state index is -1.56. The van der Waals surface area contributed by atoms with E-state index in [2.05, 4.69) is 12.1 Å². The van der Waals surface area contributed by atoms with Crippen molar-refractivity contribution in [3.63, 3.8) is 0 Å². The Kier molecular flexibility index (Phi) is 5.27. The van der Waals surface area contributed by atoms with Crippen molar-refractivity contribution in [2.24, 2.45) is 11.1 Å². The Morgan fingerprint density at radius 3 is 2.61 bits per heavy atom. The predicted molar refractivity (Wildman–Crippen MR) is 130 cm³/mol. The van der Waals surface area contributed by atoms with Gasteiger partial charge in [-0.15, -0.1) is 0 Å². The second-order valence-electron chi connectivity index (χ2n) is 8.79. The summed E-state index contributed by atoms with van der Waals surface area (Å²) in [6, 6.07) is 16.0. The van der Waals surface area contributed by atoms with Gasteiger partial charge in [-0.1, -0.05) is 41.4 Å². The number of thiophene rings is 1. The highest BCUT2D eigenvalue weighted by atomic mass is 35.5. The number of halogens is 1. The molecule has 3 aromatic rings. The summed E-state index contributed by atoms with van der Waals surface area (Å²) < 4.78 is 0. The van der Waals surface area contributed by atoms with E-state index in [1.165, 1.54) is 11.3 Å². The van der Waals surface area contributed by atoms with E-state index in [-0.39, 0.29) is 5.78 Å². The van der Waals surface area contributed by atoms with Crippen LogP contribution in [-0.2, 0) is 11.2 Å². The van der Waals surface area contributed by atoms with E-state index in [0.29, 0.717) is 29.0 Å². The summed E-state index contributed by atoms with van der Waals surface area (Å²) in [5, 5.41) is 14.7. The highest BCUT2D eigenvalue weighted by Crippen LogP contribution is 2.56. The highest BCUT2D eigenvalue weighted by Gasteiger charge is 2.66. The van der Waals surface area contributed by atoms with Gasteiger partial charge in [0.05, 0.1) is 12.1 Å². The summed E-state index contributed by atoms with van der Waals surface area (Å²) in [6.07, 6.45) is 1.27. The van der Waals surface area contributed by atoms with Gasteiger partial charge in [-0.05, 0) is 60.5 Å². The number of Topliss-reactive ketones (excluding diaryl/α,β-unsaturated/α-hetero) is 1. The van der Waals surface area contributed by atoms with Gasteiger partial charge in [-0.3, -0.25) is 9.59 Å². The second kappa shape index (κ2) is 8.02. The summed E-state index contributed by atoms with van der Waals surface area (Å²) in [6.45, 7) is 2.03. The average molecular weight is 476 g/mol. The van der Waals surface area contributed by atoms with Gasteiger partial charge in [-0.2, -0.15) is 16.6 Å². The zero-order valence-corrected chi connectivity index (χ0v) is 19.6. The van der Waals surface area contributed by atoms with Crippen molar-refractivity contribution in [3.05, 3.63) is 86.6 Å². The molecule has 1 saturated heterocycles. The molecule has 2 aromatic carbocycles. The maximum atomic E-state index is 14.0. The first-order valence-corrected chi connectivity index (χ1v) is 12.1. The lowest BCUT2D eigenvalue weighted by Gasteiger charge is -2.39. The lowest BCUT2D eigenvalue weighted by molar-refractivity contribution is -0.125. The quantitative estimate of drug-likeness (QED) is 0.545. The Balaban J connectivity index is 1.80. The van der Waals surface area contributed by atoms with Crippen molar-refractivity contribution in [1.29, 1.82) is 5.26 Å². The fourth-order valence-electron chi connectivity index (χ4n) is 5.66. The molecule has 1 aromatic heterocycles. The fourth-order valence-corrected chi connectivity index (χ4v) is 6.43. The molecular formula is C26H22ClN3O2S. The molecule has 0 radical (unpaired) electrons. The van der Waals surface area contributed by atoms with Crippen molar-refractivity contribution in [1.82, 2.24) is 0 Å². The SMILES string of the molecule is Cc1ccc2c(c1)CC[C@H]1N2[C@H](C(=O)c2ccsc2)[C@@H](c2ccc(Cl)cc2)[C@]1(C#N)C(N)=O. The highest BCUT2D eigenvalue weighted by molar-refractivity contribution is 7.08. The first kappa shape index (κ1) is 21.7. The van der Waals surface area contributed by atoms with Crippen LogP contribution in [0.3, 0.4) is 0 Å². The van der Waals surface area contributed by atoms with E-state index < -0.39 is 29.3 Å². The number of nitrogens with two attached hydrogens (primary N) is 1. The van der Waals surface area contributed by atoms with E-state index in [1.54, 1.807) is 30.3 Å². The van der Waals surface area contributed by atoms with Crippen LogP contribution in [0.5, 0.6) is 0 Å². The molecule has 1 fully saturated rings. The van der Waals surface area contributed by atoms with Crippen LogP contribution >= 0.6 is 22.9 Å². The van der Waals surface area contributed by atoms with Crippen molar-refractivity contribution in [2.75, 3.05) is 4.90 Å². The number of nitrogens with zero attached hydrogens (tertiary/aromatic N) is 2. The summed E-state index contributed by atoms with van der Waals surface area (Å²) in [4.78, 5) is 29.1. The molecule has 7 heteroatoms. The fraction of sp³-hybridized carbons (Fsp3) is 0.269. The smallest absolute Gasteiger partial charge is 0.240 e. The number of amides is 1. The molecule has 1 amide bonds. The molecule has 0 aliphatic carbocycles. The topological polar surface area (TPSA) is 87.2 Å². The van der Waals surface area contributed by atoms with E-state index >= 15 is 0 Å². The number of aryl methyl sites for hydroxylation is 2. The van der Waals surface area contributed by atoms with Gasteiger partial charge >= 0.3 is 0 Å². The normalized spacial score (nSPS) is 25.7. The van der Waals surface area contributed by atoms with Crippen molar-refractivity contribution < 1.29 is 9.59 Å². The van der Waals surface area contributed by atoms with E-state index in [1.807, 2.05) is 34.7 Å². The first-order valence-electron chi connectivity index (χ1n) is 10.8. The second-order valence-corrected chi connectivity index (χ2v) is 10.0. The molecule has 0 unspecified atom stereocenters. The monoisotopic (exact) mass is 475 g/mol. The summed E-state index contributed by atoms with van der Waals surface area (Å²) >= 11 is 7.58. The molecule has 33 heavy (non-hydrogen) atoms. The number of benzene rings is 2. The molecule has 0 saturated carbocycles. The number of nitriles is 1. The number of ketones is 1. The maximum Gasteiger partial charge on any atom is 0.240 e. The Hall–Kier alpha value is -3.14. The largest absolute Gasteiger partial charge is 0.368 e. The molecule has 5 nitrogen and oxygen atoms in total. The first-order chi connectivity index (χ1) is 15.9. The van der Waals surface area contributed by atoms with Crippen molar-refractivity contribution in [2.45, 2.75) is 37.8 Å². The number of rotatable bonds is 4. The Bertz CT molecular complexity index is 1280. The third-order valence-electron chi connectivity index (χ3n) is 7.06. The van der Waals surface area contributed by atoms with Crippen LogP contribution in [0.25, 0.3) is 0 Å². The molecule has 2 aliphatic heterocycles. The van der Waals surface area contributed by atoms with Gasteiger partial charge < -0.3 is 10.6 Å². The van der Waals surface area contributed by atoms with E-state index in [9.17, 15) is 14.9 Å². The van der Waals surface area contributed by atoms with Crippen LogP contribution in [0.2, 0.25) is 5.02 Å². The number of carbonyl (C=O) groups excluding carboxylic acids is 2. The third-order valence-corrected chi connectivity index (χ3v) is 8.00. The zero-order chi connectivity index (χ0) is 23.3. The Morgan fingerprint density at radius 1 is 1.21 bits per heavy atom. The molecule has 0 bridgehead atoms.